The van der Waals surface area contributed by atoms with Gasteiger partial charge in [0, 0.05) is 30.3 Å². The molecule has 3 rings (SSSR count). The molecule has 0 atom stereocenters. The summed E-state index contributed by atoms with van der Waals surface area (Å²) in [5.74, 6) is -0.293. The van der Waals surface area contributed by atoms with Crippen LogP contribution in [-0.2, 0) is 4.79 Å². The number of hydrogen-bond acceptors (Lipinski definition) is 4. The van der Waals surface area contributed by atoms with Gasteiger partial charge in [-0.05, 0) is 13.0 Å². The summed E-state index contributed by atoms with van der Waals surface area (Å²) in [6.45, 7) is 3.41. The molecule has 3 aromatic rings. The molecule has 0 spiro atoms. The number of fused-ring (bicyclic) bond motifs is 1. The molecule has 0 aliphatic heterocycles. The highest BCUT2D eigenvalue weighted by atomic mass is 32.1. The minimum absolute atomic E-state index is 0.0961. The summed E-state index contributed by atoms with van der Waals surface area (Å²) in [5.41, 5.74) is 2.23. The zero-order valence-corrected chi connectivity index (χ0v) is 13.0. The van der Waals surface area contributed by atoms with E-state index >= 15 is 0 Å². The van der Waals surface area contributed by atoms with Crippen LogP contribution in [0.5, 0.6) is 0 Å². The number of amides is 1. The molecular formula is C17H14N2O2S. The van der Waals surface area contributed by atoms with E-state index in [-0.39, 0.29) is 11.7 Å². The van der Waals surface area contributed by atoms with Gasteiger partial charge in [0.2, 0.25) is 5.91 Å². The Morgan fingerprint density at radius 2 is 1.86 bits per heavy atom. The van der Waals surface area contributed by atoms with Crippen LogP contribution in [0.1, 0.15) is 28.4 Å². The number of carbonyl (C=O) groups is 2. The zero-order valence-electron chi connectivity index (χ0n) is 12.2. The number of ketones is 1. The molecule has 5 heteroatoms. The van der Waals surface area contributed by atoms with Crippen LogP contribution in [0.15, 0.2) is 42.7 Å². The van der Waals surface area contributed by atoms with Crippen LogP contribution in [-0.4, -0.2) is 16.7 Å². The van der Waals surface area contributed by atoms with Gasteiger partial charge in [-0.2, -0.15) is 0 Å². The van der Waals surface area contributed by atoms with Gasteiger partial charge < -0.3 is 5.32 Å². The standard InChI is InChI=1S/C17H14N2O2S/c1-10-3-5-12(6-4-10)16(21)15-13-7-8-18-9-14(13)22-17(15)19-11(2)20/h3-9H,1-2H3,(H,19,20). The molecule has 0 bridgehead atoms. The number of aryl methyl sites for hydroxylation is 1. The van der Waals surface area contributed by atoms with Crippen molar-refractivity contribution < 1.29 is 9.59 Å². The van der Waals surface area contributed by atoms with Gasteiger partial charge in [-0.25, -0.2) is 0 Å². The second-order valence-electron chi connectivity index (χ2n) is 5.05. The summed E-state index contributed by atoms with van der Waals surface area (Å²) in [7, 11) is 0. The van der Waals surface area contributed by atoms with Crippen molar-refractivity contribution in [2.45, 2.75) is 13.8 Å². The first-order valence-electron chi connectivity index (χ1n) is 6.81. The number of rotatable bonds is 3. The summed E-state index contributed by atoms with van der Waals surface area (Å²) in [6, 6.07) is 9.22. The van der Waals surface area contributed by atoms with Crippen molar-refractivity contribution >= 4 is 38.1 Å². The van der Waals surface area contributed by atoms with Crippen molar-refractivity contribution in [1.29, 1.82) is 0 Å². The fourth-order valence-electron chi connectivity index (χ4n) is 2.27. The van der Waals surface area contributed by atoms with E-state index in [1.807, 2.05) is 19.1 Å². The topological polar surface area (TPSA) is 59.1 Å². The maximum atomic E-state index is 12.9. The molecule has 0 saturated heterocycles. The first-order valence-corrected chi connectivity index (χ1v) is 7.63. The lowest BCUT2D eigenvalue weighted by molar-refractivity contribution is -0.114. The molecule has 0 saturated carbocycles. The van der Waals surface area contributed by atoms with Crippen LogP contribution in [0.25, 0.3) is 10.1 Å². The lowest BCUT2D eigenvalue weighted by Crippen LogP contribution is -2.09. The van der Waals surface area contributed by atoms with Crippen LogP contribution >= 0.6 is 11.3 Å². The van der Waals surface area contributed by atoms with Crippen LogP contribution in [0.4, 0.5) is 5.00 Å². The Kier molecular flexibility index (Phi) is 3.73. The summed E-state index contributed by atoms with van der Waals surface area (Å²) >= 11 is 1.36. The minimum Gasteiger partial charge on any atom is -0.317 e. The molecule has 1 amide bonds. The van der Waals surface area contributed by atoms with Crippen LogP contribution < -0.4 is 5.32 Å². The number of carbonyl (C=O) groups excluding carboxylic acids is 2. The largest absolute Gasteiger partial charge is 0.317 e. The van der Waals surface area contributed by atoms with Crippen molar-refractivity contribution in [2.24, 2.45) is 0 Å². The van der Waals surface area contributed by atoms with Crippen molar-refractivity contribution in [3.05, 3.63) is 59.4 Å². The number of nitrogens with one attached hydrogen (secondary N) is 1. The molecule has 0 radical (unpaired) electrons. The Bertz CT molecular complexity index is 866. The highest BCUT2D eigenvalue weighted by Crippen LogP contribution is 2.36. The van der Waals surface area contributed by atoms with Gasteiger partial charge in [-0.1, -0.05) is 29.8 Å². The van der Waals surface area contributed by atoms with E-state index in [1.54, 1.807) is 30.6 Å². The van der Waals surface area contributed by atoms with Gasteiger partial charge in [0.05, 0.1) is 10.3 Å². The summed E-state index contributed by atoms with van der Waals surface area (Å²) in [6.07, 6.45) is 3.36. The maximum Gasteiger partial charge on any atom is 0.221 e. The van der Waals surface area contributed by atoms with Gasteiger partial charge in [0.25, 0.3) is 0 Å². The first kappa shape index (κ1) is 14.4. The van der Waals surface area contributed by atoms with Gasteiger partial charge in [0.15, 0.2) is 5.78 Å². The molecule has 0 aliphatic carbocycles. The molecule has 1 aromatic carbocycles. The van der Waals surface area contributed by atoms with Gasteiger partial charge in [-0.15, -0.1) is 11.3 Å². The van der Waals surface area contributed by atoms with Crippen LogP contribution in [0.2, 0.25) is 0 Å². The lowest BCUT2D eigenvalue weighted by atomic mass is 10.0. The van der Waals surface area contributed by atoms with Gasteiger partial charge >= 0.3 is 0 Å². The summed E-state index contributed by atoms with van der Waals surface area (Å²) < 4.78 is 0.877. The van der Waals surface area contributed by atoms with E-state index in [0.29, 0.717) is 16.1 Å². The van der Waals surface area contributed by atoms with E-state index in [9.17, 15) is 9.59 Å². The molecule has 0 unspecified atom stereocenters. The summed E-state index contributed by atoms with van der Waals surface area (Å²) in [4.78, 5) is 28.4. The number of thiophene rings is 1. The minimum atomic E-state index is -0.197. The SMILES string of the molecule is CC(=O)Nc1sc2cnccc2c1C(=O)c1ccc(C)cc1. The number of hydrogen-bond donors (Lipinski definition) is 1. The predicted molar refractivity (Wildman–Crippen MR) is 88.5 cm³/mol. The van der Waals surface area contributed by atoms with Crippen molar-refractivity contribution in [3.63, 3.8) is 0 Å². The molecule has 0 aliphatic rings. The van der Waals surface area contributed by atoms with E-state index < -0.39 is 0 Å². The Morgan fingerprint density at radius 3 is 2.55 bits per heavy atom. The Labute approximate surface area is 131 Å². The second kappa shape index (κ2) is 5.69. The molecule has 110 valence electrons. The number of pyridine rings is 1. The van der Waals surface area contributed by atoms with E-state index in [1.165, 1.54) is 18.3 Å². The third kappa shape index (κ3) is 2.63. The van der Waals surface area contributed by atoms with E-state index in [0.717, 1.165) is 15.6 Å². The normalized spacial score (nSPS) is 10.6. The number of anilines is 1. The molecule has 4 nitrogen and oxygen atoms in total. The number of aromatic nitrogens is 1. The average molecular weight is 310 g/mol. The van der Waals surface area contributed by atoms with Gasteiger partial charge in [0.1, 0.15) is 5.00 Å². The first-order chi connectivity index (χ1) is 10.6. The van der Waals surface area contributed by atoms with Crippen LogP contribution in [0.3, 0.4) is 0 Å². The van der Waals surface area contributed by atoms with Crippen molar-refractivity contribution in [1.82, 2.24) is 4.98 Å². The smallest absolute Gasteiger partial charge is 0.221 e. The van der Waals surface area contributed by atoms with Gasteiger partial charge in [-0.3, -0.25) is 14.6 Å². The third-order valence-corrected chi connectivity index (χ3v) is 4.38. The zero-order chi connectivity index (χ0) is 15.7. The molecule has 1 N–H and O–H groups in total. The number of benzene rings is 1. The fourth-order valence-corrected chi connectivity index (χ4v) is 3.39. The van der Waals surface area contributed by atoms with Crippen molar-refractivity contribution in [2.75, 3.05) is 5.32 Å². The monoisotopic (exact) mass is 310 g/mol. The Hall–Kier alpha value is -2.53. The molecule has 22 heavy (non-hydrogen) atoms. The Morgan fingerprint density at radius 1 is 1.14 bits per heavy atom. The molecule has 2 heterocycles. The van der Waals surface area contributed by atoms with Crippen LogP contribution in [0, 0.1) is 6.92 Å². The average Bonchev–Trinajstić information content (AvgIpc) is 2.84. The molecule has 0 fully saturated rings. The Balaban J connectivity index is 2.17. The fraction of sp³-hybridized carbons (Fsp3) is 0.118. The maximum absolute atomic E-state index is 12.9. The van der Waals surface area contributed by atoms with E-state index in [2.05, 4.69) is 10.3 Å². The quantitative estimate of drug-likeness (QED) is 0.749. The van der Waals surface area contributed by atoms with E-state index in [4.69, 9.17) is 0 Å². The predicted octanol–water partition coefficient (Wildman–Crippen LogP) is 3.79. The highest BCUT2D eigenvalue weighted by Gasteiger charge is 2.21. The molecular weight excluding hydrogens is 296 g/mol. The van der Waals surface area contributed by atoms with Crippen molar-refractivity contribution in [3.8, 4) is 0 Å². The number of nitrogens with zero attached hydrogens (tertiary/aromatic N) is 1. The third-order valence-electron chi connectivity index (χ3n) is 3.32. The lowest BCUT2D eigenvalue weighted by Gasteiger charge is -2.05. The summed E-state index contributed by atoms with van der Waals surface area (Å²) in [5, 5.41) is 4.14. The second-order valence-corrected chi connectivity index (χ2v) is 6.11. The molecule has 2 aromatic heterocycles. The highest BCUT2D eigenvalue weighted by molar-refractivity contribution is 7.23.